The van der Waals surface area contributed by atoms with Crippen LogP contribution in [-0.2, 0) is 6.54 Å². The molecule has 3 rings (SSSR count). The summed E-state index contributed by atoms with van der Waals surface area (Å²) in [4.78, 5) is 17.4. The van der Waals surface area contributed by atoms with Crippen molar-refractivity contribution in [1.29, 1.82) is 0 Å². The third-order valence-corrected chi connectivity index (χ3v) is 5.54. The number of likely N-dealkylation sites (N-methyl/N-ethyl adjacent to an activating group) is 1. The zero-order chi connectivity index (χ0) is 16.4. The minimum absolute atomic E-state index is 0.479. The highest BCUT2D eigenvalue weighted by molar-refractivity contribution is 7.10. The van der Waals surface area contributed by atoms with Gasteiger partial charge in [-0.15, -0.1) is 11.3 Å². The van der Waals surface area contributed by atoms with Crippen LogP contribution < -0.4 is 9.80 Å². The minimum atomic E-state index is 0.479. The number of hydrogen-bond donors (Lipinski definition) is 0. The van der Waals surface area contributed by atoms with E-state index in [1.807, 2.05) is 42.6 Å². The van der Waals surface area contributed by atoms with Crippen molar-refractivity contribution >= 4 is 23.1 Å². The number of likely N-dealkylation sites (tertiary alicyclic amines) is 1. The molecule has 1 unspecified atom stereocenters. The summed E-state index contributed by atoms with van der Waals surface area (Å²) in [6.45, 7) is 5.47. The lowest BCUT2D eigenvalue weighted by atomic mass is 10.2. The molecule has 2 aromatic rings. The van der Waals surface area contributed by atoms with Gasteiger partial charge >= 0.3 is 0 Å². The molecular weight excluding hydrogens is 306 g/mol. The van der Waals surface area contributed by atoms with Gasteiger partial charge in [0.15, 0.2) is 0 Å². The second kappa shape index (κ2) is 6.84. The summed E-state index contributed by atoms with van der Waals surface area (Å²) in [7, 11) is 6.12. The van der Waals surface area contributed by atoms with Crippen LogP contribution in [0.15, 0.2) is 23.7 Å². The van der Waals surface area contributed by atoms with E-state index >= 15 is 0 Å². The van der Waals surface area contributed by atoms with Crippen molar-refractivity contribution in [2.75, 3.05) is 44.0 Å². The number of rotatable bonds is 5. The fraction of sp³-hybridized carbons (Fsp3) is 0.529. The van der Waals surface area contributed by atoms with Gasteiger partial charge in [-0.3, -0.25) is 4.90 Å². The lowest BCUT2D eigenvalue weighted by Crippen LogP contribution is -2.35. The molecule has 0 radical (unpaired) electrons. The molecule has 124 valence electrons. The van der Waals surface area contributed by atoms with E-state index in [9.17, 15) is 0 Å². The topological polar surface area (TPSA) is 35.5 Å². The second-order valence-corrected chi connectivity index (χ2v) is 7.43. The predicted molar refractivity (Wildman–Crippen MR) is 97.5 cm³/mol. The van der Waals surface area contributed by atoms with Gasteiger partial charge in [-0.25, -0.2) is 4.98 Å². The van der Waals surface area contributed by atoms with Crippen molar-refractivity contribution in [1.82, 2.24) is 14.9 Å². The van der Waals surface area contributed by atoms with E-state index in [-0.39, 0.29) is 0 Å². The number of hydrogen-bond acceptors (Lipinski definition) is 6. The lowest BCUT2D eigenvalue weighted by Gasteiger charge is -2.25. The van der Waals surface area contributed by atoms with Gasteiger partial charge in [0.25, 0.3) is 0 Å². The second-order valence-electron chi connectivity index (χ2n) is 6.42. The number of aryl methyl sites for hydroxylation is 1. The van der Waals surface area contributed by atoms with Gasteiger partial charge in [0, 0.05) is 57.9 Å². The van der Waals surface area contributed by atoms with E-state index in [1.165, 1.54) is 10.4 Å². The van der Waals surface area contributed by atoms with Crippen LogP contribution in [0.1, 0.15) is 16.9 Å². The molecule has 2 aromatic heterocycles. The van der Waals surface area contributed by atoms with E-state index in [0.717, 1.165) is 37.8 Å². The minimum Gasteiger partial charge on any atom is -0.363 e. The van der Waals surface area contributed by atoms with Crippen LogP contribution in [0.25, 0.3) is 0 Å². The quantitative estimate of drug-likeness (QED) is 0.842. The fourth-order valence-electron chi connectivity index (χ4n) is 2.96. The zero-order valence-corrected chi connectivity index (χ0v) is 15.2. The highest BCUT2D eigenvalue weighted by atomic mass is 32.1. The molecule has 3 heterocycles. The number of thiophene rings is 1. The molecule has 0 saturated carbocycles. The third kappa shape index (κ3) is 3.64. The first kappa shape index (κ1) is 16.2. The summed E-state index contributed by atoms with van der Waals surface area (Å²) < 4.78 is 0. The van der Waals surface area contributed by atoms with Gasteiger partial charge in [0.1, 0.15) is 5.82 Å². The Bertz CT molecular complexity index is 654. The number of anilines is 2. The van der Waals surface area contributed by atoms with Crippen molar-refractivity contribution in [2.45, 2.75) is 25.9 Å². The van der Waals surface area contributed by atoms with Gasteiger partial charge in [0.2, 0.25) is 5.95 Å². The molecule has 1 atom stereocenters. The highest BCUT2D eigenvalue weighted by Gasteiger charge is 2.27. The normalized spacial score (nSPS) is 18.3. The maximum absolute atomic E-state index is 4.66. The van der Waals surface area contributed by atoms with Crippen LogP contribution in [0, 0.1) is 6.92 Å². The molecule has 1 fully saturated rings. The van der Waals surface area contributed by atoms with E-state index < -0.39 is 0 Å². The van der Waals surface area contributed by atoms with Crippen LogP contribution in [0.5, 0.6) is 0 Å². The SMILES string of the molecule is Cc1ccsc1CN1CCC(N(C)c2nccc(N(C)C)n2)C1. The van der Waals surface area contributed by atoms with Crippen molar-refractivity contribution in [3.05, 3.63) is 34.2 Å². The average Bonchev–Trinajstić information content (AvgIpc) is 3.17. The monoisotopic (exact) mass is 331 g/mol. The average molecular weight is 331 g/mol. The van der Waals surface area contributed by atoms with Gasteiger partial charge < -0.3 is 9.80 Å². The zero-order valence-electron chi connectivity index (χ0n) is 14.4. The van der Waals surface area contributed by atoms with Crippen molar-refractivity contribution < 1.29 is 0 Å². The molecule has 0 aromatic carbocycles. The van der Waals surface area contributed by atoms with Crippen LogP contribution in [-0.4, -0.2) is 55.1 Å². The standard InChI is InChI=1S/C17H25N5S/c1-13-7-10-23-15(13)12-22-9-6-14(11-22)21(4)17-18-8-5-16(19-17)20(2)3/h5,7-8,10,14H,6,9,11-12H2,1-4H3. The summed E-state index contributed by atoms with van der Waals surface area (Å²) in [5.74, 6) is 1.77. The molecule has 0 bridgehead atoms. The van der Waals surface area contributed by atoms with E-state index in [2.05, 4.69) is 45.2 Å². The Kier molecular flexibility index (Phi) is 4.82. The molecule has 0 N–H and O–H groups in total. The van der Waals surface area contributed by atoms with Gasteiger partial charge in [-0.05, 0) is 36.4 Å². The molecule has 6 heteroatoms. The molecule has 1 aliphatic heterocycles. The first-order valence-electron chi connectivity index (χ1n) is 8.03. The molecule has 5 nitrogen and oxygen atoms in total. The van der Waals surface area contributed by atoms with Crippen molar-refractivity contribution in [3.8, 4) is 0 Å². The summed E-state index contributed by atoms with van der Waals surface area (Å²) in [5.41, 5.74) is 1.41. The highest BCUT2D eigenvalue weighted by Crippen LogP contribution is 2.24. The number of nitrogens with zero attached hydrogens (tertiary/aromatic N) is 5. The summed E-state index contributed by atoms with van der Waals surface area (Å²) >= 11 is 1.86. The largest absolute Gasteiger partial charge is 0.363 e. The molecule has 23 heavy (non-hydrogen) atoms. The van der Waals surface area contributed by atoms with Crippen LogP contribution in [0.2, 0.25) is 0 Å². The Morgan fingerprint density at radius 2 is 2.13 bits per heavy atom. The maximum atomic E-state index is 4.66. The van der Waals surface area contributed by atoms with Crippen LogP contribution in [0.3, 0.4) is 0 Å². The summed E-state index contributed by atoms with van der Waals surface area (Å²) in [6, 6.07) is 4.63. The predicted octanol–water partition coefficient (Wildman–Crippen LogP) is 2.62. The molecule has 1 aliphatic rings. The Labute approximate surface area is 142 Å². The Morgan fingerprint density at radius 1 is 1.30 bits per heavy atom. The van der Waals surface area contributed by atoms with Crippen LogP contribution in [0.4, 0.5) is 11.8 Å². The Hall–Kier alpha value is -1.66. The molecule has 0 spiro atoms. The van der Waals surface area contributed by atoms with Crippen molar-refractivity contribution in [2.24, 2.45) is 0 Å². The van der Waals surface area contributed by atoms with E-state index in [4.69, 9.17) is 0 Å². The van der Waals surface area contributed by atoms with Crippen molar-refractivity contribution in [3.63, 3.8) is 0 Å². The van der Waals surface area contributed by atoms with E-state index in [1.54, 1.807) is 0 Å². The summed E-state index contributed by atoms with van der Waals surface area (Å²) in [6.07, 6.45) is 3.01. The first-order valence-corrected chi connectivity index (χ1v) is 8.91. The van der Waals surface area contributed by atoms with Gasteiger partial charge in [-0.1, -0.05) is 0 Å². The van der Waals surface area contributed by atoms with Crippen LogP contribution >= 0.6 is 11.3 Å². The Balaban J connectivity index is 1.64. The Morgan fingerprint density at radius 3 is 2.83 bits per heavy atom. The molecular formula is C17H25N5S. The molecule has 0 aliphatic carbocycles. The lowest BCUT2D eigenvalue weighted by molar-refractivity contribution is 0.328. The fourth-order valence-corrected chi connectivity index (χ4v) is 3.91. The molecule has 0 amide bonds. The van der Waals surface area contributed by atoms with Gasteiger partial charge in [0.05, 0.1) is 0 Å². The third-order valence-electron chi connectivity index (χ3n) is 4.53. The smallest absolute Gasteiger partial charge is 0.227 e. The first-order chi connectivity index (χ1) is 11.0. The van der Waals surface area contributed by atoms with Gasteiger partial charge in [-0.2, -0.15) is 4.98 Å². The number of aromatic nitrogens is 2. The maximum Gasteiger partial charge on any atom is 0.227 e. The summed E-state index contributed by atoms with van der Waals surface area (Å²) in [5, 5.41) is 2.19. The van der Waals surface area contributed by atoms with E-state index in [0.29, 0.717) is 6.04 Å². The molecule has 1 saturated heterocycles.